The number of fused-ring (bicyclic) bond motifs is 8. The maximum Gasteiger partial charge on any atom is 0.278 e. The molecule has 9 heteroatoms. The van der Waals surface area contributed by atoms with E-state index >= 15 is 0 Å². The molecule has 0 radical (unpaired) electrons. The van der Waals surface area contributed by atoms with E-state index in [0.717, 1.165) is 12.0 Å². The zero-order valence-corrected chi connectivity index (χ0v) is 16.0. The number of hydrogen-bond donors (Lipinski definition) is 3. The van der Waals surface area contributed by atoms with Crippen molar-refractivity contribution in [2.24, 2.45) is 0 Å². The minimum atomic E-state index is -0.485. The van der Waals surface area contributed by atoms with Gasteiger partial charge >= 0.3 is 0 Å². The number of nitrogens with one attached hydrogen (secondary N) is 2. The van der Waals surface area contributed by atoms with Crippen LogP contribution in [0.5, 0.6) is 11.5 Å². The second-order valence-electron chi connectivity index (χ2n) is 7.23. The highest BCUT2D eigenvalue weighted by Gasteiger charge is 2.27. The molecule has 2 aromatic heterocycles. The molecule has 3 aromatic rings. The smallest absolute Gasteiger partial charge is 0.278 e. The van der Waals surface area contributed by atoms with Crippen molar-refractivity contribution < 1.29 is 14.3 Å². The highest BCUT2D eigenvalue weighted by atomic mass is 16.5. The van der Waals surface area contributed by atoms with Crippen molar-refractivity contribution in [1.29, 1.82) is 0 Å². The lowest BCUT2D eigenvalue weighted by Crippen LogP contribution is -2.28. The van der Waals surface area contributed by atoms with Gasteiger partial charge in [0.2, 0.25) is 0 Å². The van der Waals surface area contributed by atoms with Crippen molar-refractivity contribution in [3.05, 3.63) is 54.6 Å². The Kier molecular flexibility index (Phi) is 4.64. The van der Waals surface area contributed by atoms with Crippen LogP contribution in [0, 0.1) is 0 Å². The van der Waals surface area contributed by atoms with Gasteiger partial charge in [-0.1, -0.05) is 12.1 Å². The number of pyridine rings is 1. The molecule has 5 rings (SSSR count). The molecular formula is C21H20N6O3. The average molecular weight is 404 g/mol. The first-order valence-corrected chi connectivity index (χ1v) is 9.67. The molecule has 1 fully saturated rings. The summed E-state index contributed by atoms with van der Waals surface area (Å²) in [6, 6.07) is 9.40. The first kappa shape index (κ1) is 18.3. The van der Waals surface area contributed by atoms with Crippen LogP contribution in [0.1, 0.15) is 16.9 Å². The lowest BCUT2D eigenvalue weighted by atomic mass is 10.1. The molecule has 1 aromatic carbocycles. The number of carbonyl (C=O) groups is 1. The number of nitrogens with two attached hydrogens (primary N) is 1. The Labute approximate surface area is 172 Å². The normalized spacial score (nSPS) is 20.5. The lowest BCUT2D eigenvalue weighted by molar-refractivity contribution is 0.102. The van der Waals surface area contributed by atoms with Crippen molar-refractivity contribution >= 4 is 17.4 Å². The average Bonchev–Trinajstić information content (AvgIpc) is 3.21. The van der Waals surface area contributed by atoms with Crippen LogP contribution in [-0.2, 0) is 0 Å². The van der Waals surface area contributed by atoms with Crippen LogP contribution in [0.3, 0.4) is 0 Å². The van der Waals surface area contributed by atoms with E-state index in [1.54, 1.807) is 12.3 Å². The minimum absolute atomic E-state index is 0.0308. The molecule has 2 atom stereocenters. The number of aromatic nitrogens is 3. The minimum Gasteiger partial charge on any atom is -0.492 e. The first-order chi connectivity index (χ1) is 14.7. The third-order valence-corrected chi connectivity index (χ3v) is 5.10. The number of nitrogens with zero attached hydrogens (tertiary/aromatic N) is 3. The van der Waals surface area contributed by atoms with E-state index in [0.29, 0.717) is 36.0 Å². The fourth-order valence-corrected chi connectivity index (χ4v) is 3.58. The van der Waals surface area contributed by atoms with Gasteiger partial charge in [-0.05, 0) is 12.1 Å². The van der Waals surface area contributed by atoms with E-state index in [2.05, 4.69) is 25.6 Å². The van der Waals surface area contributed by atoms with Gasteiger partial charge in [0.15, 0.2) is 11.5 Å². The molecule has 2 aliphatic rings. The predicted octanol–water partition coefficient (Wildman–Crippen LogP) is 1.87. The maximum atomic E-state index is 12.9. The number of amides is 1. The van der Waals surface area contributed by atoms with Crippen molar-refractivity contribution in [2.75, 3.05) is 24.2 Å². The fourth-order valence-electron chi connectivity index (χ4n) is 3.58. The molecule has 1 saturated heterocycles. The zero-order chi connectivity index (χ0) is 20.5. The number of anilines is 2. The molecule has 0 saturated carbocycles. The van der Waals surface area contributed by atoms with E-state index in [1.807, 2.05) is 24.3 Å². The molecule has 30 heavy (non-hydrogen) atoms. The van der Waals surface area contributed by atoms with E-state index in [4.69, 9.17) is 15.2 Å². The number of hydrogen-bond acceptors (Lipinski definition) is 8. The Morgan fingerprint density at radius 1 is 1.20 bits per heavy atom. The van der Waals surface area contributed by atoms with Gasteiger partial charge in [0.05, 0.1) is 18.1 Å². The van der Waals surface area contributed by atoms with Crippen molar-refractivity contribution in [2.45, 2.75) is 18.6 Å². The molecule has 2 unspecified atom stereocenters. The van der Waals surface area contributed by atoms with Crippen molar-refractivity contribution in [3.63, 3.8) is 0 Å². The zero-order valence-electron chi connectivity index (χ0n) is 16.0. The van der Waals surface area contributed by atoms with E-state index in [9.17, 15) is 4.79 Å². The number of nitrogen functional groups attached to an aromatic ring is 1. The highest BCUT2D eigenvalue weighted by Crippen LogP contribution is 2.28. The van der Waals surface area contributed by atoms with Gasteiger partial charge in [-0.3, -0.25) is 9.78 Å². The number of rotatable bonds is 0. The van der Waals surface area contributed by atoms with Gasteiger partial charge in [0.25, 0.3) is 5.91 Å². The lowest BCUT2D eigenvalue weighted by Gasteiger charge is -2.17. The summed E-state index contributed by atoms with van der Waals surface area (Å²) in [5, 5.41) is 6.22. The summed E-state index contributed by atoms with van der Waals surface area (Å²) in [7, 11) is 0. The molecule has 9 nitrogen and oxygen atoms in total. The van der Waals surface area contributed by atoms with Crippen LogP contribution in [0.4, 0.5) is 11.5 Å². The van der Waals surface area contributed by atoms with Crippen LogP contribution >= 0.6 is 0 Å². The summed E-state index contributed by atoms with van der Waals surface area (Å²) in [5.74, 6) is 0.805. The topological polar surface area (TPSA) is 124 Å². The molecule has 0 aliphatic carbocycles. The molecule has 2 aliphatic heterocycles. The van der Waals surface area contributed by atoms with Crippen molar-refractivity contribution in [3.8, 4) is 22.8 Å². The van der Waals surface area contributed by atoms with Crippen molar-refractivity contribution in [1.82, 2.24) is 20.3 Å². The SMILES string of the molecule is Nc1ncc2nc1C(=O)Nc1cnccc1OC1CNC(COc3cccc-2c3)C1. The third-order valence-electron chi connectivity index (χ3n) is 5.10. The first-order valence-electron chi connectivity index (χ1n) is 9.67. The summed E-state index contributed by atoms with van der Waals surface area (Å²) in [5.41, 5.74) is 7.72. The van der Waals surface area contributed by atoms with Crippen LogP contribution < -0.4 is 25.8 Å². The maximum absolute atomic E-state index is 12.9. The molecule has 0 spiro atoms. The quantitative estimate of drug-likeness (QED) is 0.519. The molecule has 1 amide bonds. The Balaban J connectivity index is 1.57. The third kappa shape index (κ3) is 3.62. The number of carbonyl (C=O) groups excluding carboxylic acids is 1. The summed E-state index contributed by atoms with van der Waals surface area (Å²) >= 11 is 0. The Hall–Kier alpha value is -3.72. The Morgan fingerprint density at radius 2 is 2.13 bits per heavy atom. The monoisotopic (exact) mass is 404 g/mol. The fraction of sp³-hybridized carbons (Fsp3) is 0.238. The summed E-state index contributed by atoms with van der Waals surface area (Å²) in [4.78, 5) is 25.6. The predicted molar refractivity (Wildman–Crippen MR) is 110 cm³/mol. The van der Waals surface area contributed by atoms with Gasteiger partial charge in [-0.15, -0.1) is 0 Å². The molecular weight excluding hydrogens is 384 g/mol. The summed E-state index contributed by atoms with van der Waals surface area (Å²) < 4.78 is 12.1. The van der Waals surface area contributed by atoms with Crippen LogP contribution in [0.15, 0.2) is 48.9 Å². The van der Waals surface area contributed by atoms with E-state index < -0.39 is 5.91 Å². The standard InChI is InChI=1S/C21H20N6O3/c22-20-19-21(28)27-17-9-23-5-4-18(17)30-15-7-13(24-8-15)11-29-14-3-1-2-12(6-14)16(26-19)10-25-20/h1-6,9-10,13,15,24H,7-8,11H2,(H2,22,25)(H,27,28). The number of ether oxygens (including phenoxy) is 2. The second kappa shape index (κ2) is 7.60. The largest absolute Gasteiger partial charge is 0.492 e. The van der Waals surface area contributed by atoms with Gasteiger partial charge in [0.1, 0.15) is 29.9 Å². The molecule has 6 bridgehead atoms. The Morgan fingerprint density at radius 3 is 3.07 bits per heavy atom. The highest BCUT2D eigenvalue weighted by molar-refractivity contribution is 6.06. The van der Waals surface area contributed by atoms with Crippen LogP contribution in [0.25, 0.3) is 11.3 Å². The summed E-state index contributed by atoms with van der Waals surface area (Å²) in [6.45, 7) is 1.20. The van der Waals surface area contributed by atoms with Crippen LogP contribution in [0.2, 0.25) is 0 Å². The summed E-state index contributed by atoms with van der Waals surface area (Å²) in [6.07, 6.45) is 5.43. The van der Waals surface area contributed by atoms with Gasteiger partial charge in [-0.25, -0.2) is 9.97 Å². The molecule has 152 valence electrons. The molecule has 4 N–H and O–H groups in total. The van der Waals surface area contributed by atoms with Gasteiger partial charge < -0.3 is 25.8 Å². The van der Waals surface area contributed by atoms with E-state index in [-0.39, 0.29) is 23.7 Å². The van der Waals surface area contributed by atoms with Gasteiger partial charge in [-0.2, -0.15) is 0 Å². The van der Waals surface area contributed by atoms with Crippen LogP contribution in [-0.4, -0.2) is 46.2 Å². The number of benzene rings is 1. The van der Waals surface area contributed by atoms with E-state index in [1.165, 1.54) is 12.4 Å². The molecule has 4 heterocycles. The Bertz CT molecular complexity index is 1110. The van der Waals surface area contributed by atoms with Gasteiger partial charge in [0, 0.05) is 36.8 Å². The second-order valence-corrected chi connectivity index (χ2v) is 7.23.